The highest BCUT2D eigenvalue weighted by Gasteiger charge is 2.27. The summed E-state index contributed by atoms with van der Waals surface area (Å²) in [6, 6.07) is 10.9. The largest absolute Gasteiger partial charge is 0.339 e. The van der Waals surface area contributed by atoms with Crippen LogP contribution in [0.3, 0.4) is 0 Å². The molecule has 5 nitrogen and oxygen atoms in total. The third-order valence-corrected chi connectivity index (χ3v) is 7.89. The second-order valence-corrected chi connectivity index (χ2v) is 10.0. The molecule has 1 aliphatic rings. The number of rotatable bonds is 6. The van der Waals surface area contributed by atoms with E-state index in [9.17, 15) is 13.2 Å². The van der Waals surface area contributed by atoms with Gasteiger partial charge in [0.2, 0.25) is 10.0 Å². The van der Waals surface area contributed by atoms with Gasteiger partial charge in [0.1, 0.15) is 4.21 Å². The summed E-state index contributed by atoms with van der Waals surface area (Å²) in [6.07, 6.45) is 3.29. The average Bonchev–Trinajstić information content (AvgIpc) is 3.18. The molecule has 3 rings (SSSR count). The van der Waals surface area contributed by atoms with E-state index >= 15 is 0 Å². The van der Waals surface area contributed by atoms with Crippen molar-refractivity contribution in [2.45, 2.75) is 28.8 Å². The first-order chi connectivity index (χ1) is 12.5. The second-order valence-electron chi connectivity index (χ2n) is 6.25. The molecule has 0 unspecified atom stereocenters. The van der Waals surface area contributed by atoms with Crippen LogP contribution in [0.1, 0.15) is 28.8 Å². The lowest BCUT2D eigenvalue weighted by molar-refractivity contribution is 0.0711. The maximum absolute atomic E-state index is 12.7. The van der Waals surface area contributed by atoms with Crippen molar-refractivity contribution in [2.75, 3.05) is 19.3 Å². The van der Waals surface area contributed by atoms with Gasteiger partial charge in [-0.25, -0.2) is 13.1 Å². The van der Waals surface area contributed by atoms with E-state index in [0.29, 0.717) is 35.7 Å². The summed E-state index contributed by atoms with van der Waals surface area (Å²) in [6.45, 7) is 1.12. The van der Waals surface area contributed by atoms with Crippen molar-refractivity contribution in [3.63, 3.8) is 0 Å². The Kier molecular flexibility index (Phi) is 6.39. The number of carbonyl (C=O) groups is 1. The molecule has 1 N–H and O–H groups in total. The number of thiophene rings is 1. The smallest absolute Gasteiger partial charge is 0.253 e. The normalized spacial score (nSPS) is 16.0. The minimum atomic E-state index is -3.46. The Balaban J connectivity index is 1.58. The third-order valence-electron chi connectivity index (χ3n) is 4.35. The van der Waals surface area contributed by atoms with Crippen LogP contribution in [-0.2, 0) is 15.8 Å². The first kappa shape index (κ1) is 19.4. The molecule has 1 aromatic carbocycles. The van der Waals surface area contributed by atoms with Gasteiger partial charge in [-0.05, 0) is 48.2 Å². The van der Waals surface area contributed by atoms with Gasteiger partial charge in [0.05, 0.1) is 0 Å². The summed E-state index contributed by atoms with van der Waals surface area (Å²) in [5, 5.41) is 1.75. The number of piperidine rings is 1. The quantitative estimate of drug-likeness (QED) is 0.794. The van der Waals surface area contributed by atoms with Crippen molar-refractivity contribution in [3.8, 4) is 0 Å². The molecule has 1 amide bonds. The number of hydrogen-bond donors (Lipinski definition) is 1. The summed E-state index contributed by atoms with van der Waals surface area (Å²) in [5.74, 6) is 0.903. The number of nitrogens with one attached hydrogen (secondary N) is 1. The zero-order valence-electron chi connectivity index (χ0n) is 14.6. The molecule has 1 saturated heterocycles. The molecule has 1 fully saturated rings. The molecule has 26 heavy (non-hydrogen) atoms. The second kappa shape index (κ2) is 8.56. The Labute approximate surface area is 162 Å². The molecule has 8 heteroatoms. The summed E-state index contributed by atoms with van der Waals surface area (Å²) in [5.41, 5.74) is 1.84. The van der Waals surface area contributed by atoms with Gasteiger partial charge < -0.3 is 4.90 Å². The minimum Gasteiger partial charge on any atom is -0.339 e. The SMILES string of the molecule is CSCc1cccc(C(=O)N2CCC(NS(=O)(=O)c3cccs3)CC2)c1. The van der Waals surface area contributed by atoms with Crippen molar-refractivity contribution in [1.82, 2.24) is 9.62 Å². The number of hydrogen-bond acceptors (Lipinski definition) is 5. The lowest BCUT2D eigenvalue weighted by Crippen LogP contribution is -2.46. The number of thioether (sulfide) groups is 1. The van der Waals surface area contributed by atoms with Crippen LogP contribution in [-0.4, -0.2) is 44.6 Å². The fraction of sp³-hybridized carbons (Fsp3) is 0.389. The van der Waals surface area contributed by atoms with Crippen LogP contribution in [0.15, 0.2) is 46.0 Å². The number of likely N-dealkylation sites (tertiary alicyclic amines) is 1. The van der Waals surface area contributed by atoms with Crippen molar-refractivity contribution in [2.24, 2.45) is 0 Å². The highest BCUT2D eigenvalue weighted by Crippen LogP contribution is 2.20. The predicted molar refractivity (Wildman–Crippen MR) is 107 cm³/mol. The predicted octanol–water partition coefficient (Wildman–Crippen LogP) is 3.19. The summed E-state index contributed by atoms with van der Waals surface area (Å²) in [4.78, 5) is 14.5. The average molecular weight is 411 g/mol. The van der Waals surface area contributed by atoms with Crippen molar-refractivity contribution >= 4 is 39.0 Å². The van der Waals surface area contributed by atoms with Crippen LogP contribution in [0.4, 0.5) is 0 Å². The lowest BCUT2D eigenvalue weighted by Gasteiger charge is -2.32. The Morgan fingerprint density at radius 2 is 2.04 bits per heavy atom. The monoisotopic (exact) mass is 410 g/mol. The van der Waals surface area contributed by atoms with Crippen LogP contribution in [0.5, 0.6) is 0 Å². The minimum absolute atomic E-state index is 0.0208. The number of benzene rings is 1. The van der Waals surface area contributed by atoms with Gasteiger partial charge in [-0.3, -0.25) is 4.79 Å². The highest BCUT2D eigenvalue weighted by atomic mass is 32.2. The van der Waals surface area contributed by atoms with Crippen LogP contribution in [0.2, 0.25) is 0 Å². The van der Waals surface area contributed by atoms with Gasteiger partial charge in [-0.2, -0.15) is 11.8 Å². The van der Waals surface area contributed by atoms with Gasteiger partial charge in [0, 0.05) is 30.4 Å². The molecule has 1 aliphatic heterocycles. The van der Waals surface area contributed by atoms with Crippen molar-refractivity contribution in [3.05, 3.63) is 52.9 Å². The Morgan fingerprint density at radius 1 is 1.27 bits per heavy atom. The molecule has 0 radical (unpaired) electrons. The maximum Gasteiger partial charge on any atom is 0.253 e. The van der Waals surface area contributed by atoms with Crippen LogP contribution < -0.4 is 4.72 Å². The number of sulfonamides is 1. The topological polar surface area (TPSA) is 66.5 Å². The van der Waals surface area contributed by atoms with Crippen LogP contribution >= 0.6 is 23.1 Å². The van der Waals surface area contributed by atoms with Gasteiger partial charge in [0.25, 0.3) is 5.91 Å². The molecule has 0 aliphatic carbocycles. The first-order valence-corrected chi connectivity index (χ1v) is 12.2. The molecule has 0 saturated carbocycles. The molecule has 0 bridgehead atoms. The Hall–Kier alpha value is -1.35. The molecular formula is C18H22N2O3S3. The van der Waals surface area contributed by atoms with E-state index in [1.165, 1.54) is 11.3 Å². The zero-order chi connectivity index (χ0) is 18.6. The lowest BCUT2D eigenvalue weighted by atomic mass is 10.0. The molecule has 2 heterocycles. The molecule has 0 atom stereocenters. The summed E-state index contributed by atoms with van der Waals surface area (Å²) >= 11 is 2.94. The molecular weight excluding hydrogens is 388 g/mol. The third kappa shape index (κ3) is 4.68. The fourth-order valence-electron chi connectivity index (χ4n) is 3.04. The van der Waals surface area contributed by atoms with Crippen molar-refractivity contribution in [1.29, 1.82) is 0 Å². The first-order valence-electron chi connectivity index (χ1n) is 8.42. The van der Waals surface area contributed by atoms with E-state index in [1.54, 1.807) is 29.3 Å². The van der Waals surface area contributed by atoms with Crippen LogP contribution in [0, 0.1) is 0 Å². The van der Waals surface area contributed by atoms with E-state index in [-0.39, 0.29) is 11.9 Å². The standard InChI is InChI=1S/C18H22N2O3S3/c1-24-13-14-4-2-5-15(12-14)18(21)20-9-7-16(8-10-20)19-26(22,23)17-6-3-11-25-17/h2-6,11-12,16,19H,7-10,13H2,1H3. The van der Waals surface area contributed by atoms with E-state index < -0.39 is 10.0 Å². The molecule has 2 aromatic rings. The van der Waals surface area contributed by atoms with Crippen LogP contribution in [0.25, 0.3) is 0 Å². The van der Waals surface area contributed by atoms with Gasteiger partial charge in [-0.1, -0.05) is 18.2 Å². The van der Waals surface area contributed by atoms with E-state index in [2.05, 4.69) is 4.72 Å². The molecule has 1 aromatic heterocycles. The fourth-order valence-corrected chi connectivity index (χ4v) is 5.87. The molecule has 140 valence electrons. The van der Waals surface area contributed by atoms with Crippen molar-refractivity contribution < 1.29 is 13.2 Å². The van der Waals surface area contributed by atoms with Gasteiger partial charge in [0.15, 0.2) is 0 Å². The van der Waals surface area contributed by atoms with Gasteiger partial charge in [-0.15, -0.1) is 11.3 Å². The highest BCUT2D eigenvalue weighted by molar-refractivity contribution is 7.97. The molecule has 0 spiro atoms. The number of amides is 1. The number of nitrogens with zero attached hydrogens (tertiary/aromatic N) is 1. The van der Waals surface area contributed by atoms with E-state index in [0.717, 1.165) is 11.3 Å². The number of carbonyl (C=O) groups excluding carboxylic acids is 1. The maximum atomic E-state index is 12.7. The van der Waals surface area contributed by atoms with E-state index in [4.69, 9.17) is 0 Å². The summed E-state index contributed by atoms with van der Waals surface area (Å²) < 4.78 is 27.7. The van der Waals surface area contributed by atoms with Gasteiger partial charge >= 0.3 is 0 Å². The Bertz CT molecular complexity index is 842. The zero-order valence-corrected chi connectivity index (χ0v) is 17.0. The summed E-state index contributed by atoms with van der Waals surface area (Å²) in [7, 11) is -3.46. The van der Waals surface area contributed by atoms with E-state index in [1.807, 2.05) is 35.4 Å². The Morgan fingerprint density at radius 3 is 2.69 bits per heavy atom.